The van der Waals surface area contributed by atoms with Gasteiger partial charge in [0.15, 0.2) is 0 Å². The van der Waals surface area contributed by atoms with Gasteiger partial charge in [0.1, 0.15) is 28.9 Å². The van der Waals surface area contributed by atoms with Crippen molar-refractivity contribution in [3.63, 3.8) is 0 Å². The molecule has 7 nitrogen and oxygen atoms in total. The van der Waals surface area contributed by atoms with E-state index in [1.54, 1.807) is 54.6 Å². The molecule has 3 aromatic carbocycles. The summed E-state index contributed by atoms with van der Waals surface area (Å²) in [6.07, 6.45) is 1.30. The number of carbonyl (C=O) groups is 1. The van der Waals surface area contributed by atoms with Crippen LogP contribution < -0.4 is 20.1 Å². The zero-order chi connectivity index (χ0) is 20.8. The normalized spacial score (nSPS) is 10.9. The number of fused-ring (bicyclic) bond motifs is 1. The largest absolute Gasteiger partial charge is 0.507 e. The number of carbonyl (C=O) groups excluding carboxylic acids is 1. The second-order valence-corrected chi connectivity index (χ2v) is 6.01. The van der Waals surface area contributed by atoms with Crippen molar-refractivity contribution in [3.8, 4) is 23.3 Å². The molecule has 3 aromatic rings. The molecule has 1 amide bonds. The van der Waals surface area contributed by atoms with E-state index in [4.69, 9.17) is 9.47 Å². The summed E-state index contributed by atoms with van der Waals surface area (Å²) in [5.41, 5.74) is 0.901. The van der Waals surface area contributed by atoms with Crippen molar-refractivity contribution in [1.82, 2.24) is 0 Å². The molecular weight excluding hydrogens is 370 g/mol. The predicted molar refractivity (Wildman–Crippen MR) is 111 cm³/mol. The average molecular weight is 389 g/mol. The van der Waals surface area contributed by atoms with E-state index in [9.17, 15) is 15.2 Å². The van der Waals surface area contributed by atoms with E-state index < -0.39 is 5.91 Å². The number of anilines is 2. The van der Waals surface area contributed by atoms with E-state index in [-0.39, 0.29) is 11.3 Å². The fourth-order valence-electron chi connectivity index (χ4n) is 2.82. The lowest BCUT2D eigenvalue weighted by molar-refractivity contribution is -0.112. The summed E-state index contributed by atoms with van der Waals surface area (Å²) in [6.45, 7) is 0. The Balaban J connectivity index is 1.85. The van der Waals surface area contributed by atoms with Gasteiger partial charge in [0.2, 0.25) is 0 Å². The van der Waals surface area contributed by atoms with Crippen LogP contribution in [0.15, 0.2) is 66.4 Å². The Kier molecular flexibility index (Phi) is 5.85. The Bertz CT molecular complexity index is 1130. The summed E-state index contributed by atoms with van der Waals surface area (Å²) in [4.78, 5) is 12.6. The maximum Gasteiger partial charge on any atom is 0.267 e. The van der Waals surface area contributed by atoms with Crippen molar-refractivity contribution in [1.29, 1.82) is 5.26 Å². The number of aromatic hydroxyl groups is 1. The molecule has 0 aliphatic carbocycles. The number of phenolic OH excluding ortho intramolecular Hbond substituents is 1. The van der Waals surface area contributed by atoms with Crippen LogP contribution in [0, 0.1) is 11.3 Å². The van der Waals surface area contributed by atoms with Gasteiger partial charge in [-0.2, -0.15) is 5.26 Å². The lowest BCUT2D eigenvalue weighted by Gasteiger charge is -2.11. The highest BCUT2D eigenvalue weighted by molar-refractivity contribution is 6.11. The molecule has 146 valence electrons. The van der Waals surface area contributed by atoms with Crippen molar-refractivity contribution < 1.29 is 19.4 Å². The minimum Gasteiger partial charge on any atom is -0.507 e. The van der Waals surface area contributed by atoms with Gasteiger partial charge in [0.25, 0.3) is 5.91 Å². The fraction of sp³-hybridized carbons (Fsp3) is 0.0909. The number of benzene rings is 3. The monoisotopic (exact) mass is 389 g/mol. The van der Waals surface area contributed by atoms with Crippen molar-refractivity contribution in [3.05, 3.63) is 66.4 Å². The lowest BCUT2D eigenvalue weighted by atomic mass is 10.1. The van der Waals surface area contributed by atoms with E-state index in [0.29, 0.717) is 33.6 Å². The molecule has 3 N–H and O–H groups in total. The molecule has 0 aromatic heterocycles. The Morgan fingerprint density at radius 3 is 2.52 bits per heavy atom. The van der Waals surface area contributed by atoms with Gasteiger partial charge >= 0.3 is 0 Å². The highest BCUT2D eigenvalue weighted by Crippen LogP contribution is 2.31. The van der Waals surface area contributed by atoms with Gasteiger partial charge in [-0.1, -0.05) is 24.3 Å². The molecule has 0 unspecified atom stereocenters. The van der Waals surface area contributed by atoms with Gasteiger partial charge < -0.3 is 25.2 Å². The molecule has 0 bridgehead atoms. The minimum atomic E-state index is -0.585. The maximum absolute atomic E-state index is 12.6. The first-order chi connectivity index (χ1) is 14.1. The quantitative estimate of drug-likeness (QED) is 0.435. The Hall–Kier alpha value is -4.18. The van der Waals surface area contributed by atoms with Crippen LogP contribution in [-0.4, -0.2) is 25.2 Å². The van der Waals surface area contributed by atoms with E-state index in [2.05, 4.69) is 10.6 Å². The van der Waals surface area contributed by atoms with Crippen LogP contribution in [0.1, 0.15) is 0 Å². The SMILES string of the molecule is COc1ccc(OC)c(N/C=C(/C#N)C(=O)Nc2cccc3c(O)cccc23)c1. The van der Waals surface area contributed by atoms with E-state index in [0.717, 1.165) is 0 Å². The number of rotatable bonds is 6. The first-order valence-corrected chi connectivity index (χ1v) is 8.68. The van der Waals surface area contributed by atoms with Crippen LogP contribution in [-0.2, 0) is 4.79 Å². The number of nitriles is 1. The van der Waals surface area contributed by atoms with Crippen LogP contribution in [0.25, 0.3) is 10.8 Å². The molecular formula is C22H19N3O4. The number of nitrogens with zero attached hydrogens (tertiary/aromatic N) is 1. The number of ether oxygens (including phenoxy) is 2. The van der Waals surface area contributed by atoms with Crippen molar-refractivity contribution in [2.45, 2.75) is 0 Å². The van der Waals surface area contributed by atoms with E-state index in [1.807, 2.05) is 6.07 Å². The molecule has 0 saturated carbocycles. The van der Waals surface area contributed by atoms with Crippen molar-refractivity contribution in [2.24, 2.45) is 0 Å². The van der Waals surface area contributed by atoms with Crippen LogP contribution >= 0.6 is 0 Å². The Morgan fingerprint density at radius 1 is 1.03 bits per heavy atom. The second-order valence-electron chi connectivity index (χ2n) is 6.01. The Morgan fingerprint density at radius 2 is 1.79 bits per heavy atom. The lowest BCUT2D eigenvalue weighted by Crippen LogP contribution is -2.14. The standard InChI is InChI=1S/C22H19N3O4/c1-28-15-9-10-21(29-2)19(11-15)24-13-14(12-23)22(27)25-18-7-3-6-17-16(18)5-4-8-20(17)26/h3-11,13,24,26H,1-2H3,(H,25,27)/b14-13-. The number of hydrogen-bond acceptors (Lipinski definition) is 6. The number of phenols is 1. The van der Waals surface area contributed by atoms with Crippen LogP contribution in [0.2, 0.25) is 0 Å². The van der Waals surface area contributed by atoms with Crippen molar-refractivity contribution >= 4 is 28.1 Å². The molecule has 0 heterocycles. The van der Waals surface area contributed by atoms with Crippen LogP contribution in [0.3, 0.4) is 0 Å². The second kappa shape index (κ2) is 8.67. The first-order valence-electron chi connectivity index (χ1n) is 8.68. The van der Waals surface area contributed by atoms with E-state index >= 15 is 0 Å². The molecule has 0 fully saturated rings. The summed E-state index contributed by atoms with van der Waals surface area (Å²) in [5.74, 6) is 0.656. The smallest absolute Gasteiger partial charge is 0.267 e. The summed E-state index contributed by atoms with van der Waals surface area (Å²) >= 11 is 0. The number of nitrogens with one attached hydrogen (secondary N) is 2. The third-order valence-corrected chi connectivity index (χ3v) is 4.29. The van der Waals surface area contributed by atoms with Gasteiger partial charge in [0, 0.05) is 28.7 Å². The first kappa shape index (κ1) is 19.6. The maximum atomic E-state index is 12.6. The summed E-state index contributed by atoms with van der Waals surface area (Å²) < 4.78 is 10.5. The molecule has 0 aliphatic rings. The third kappa shape index (κ3) is 4.22. The highest BCUT2D eigenvalue weighted by Gasteiger charge is 2.13. The summed E-state index contributed by atoms with van der Waals surface area (Å²) in [6, 6.07) is 17.2. The van der Waals surface area contributed by atoms with Crippen molar-refractivity contribution in [2.75, 3.05) is 24.9 Å². The Labute approximate surface area is 167 Å². The van der Waals surface area contributed by atoms with Crippen LogP contribution in [0.5, 0.6) is 17.2 Å². The molecule has 29 heavy (non-hydrogen) atoms. The van der Waals surface area contributed by atoms with Gasteiger partial charge in [-0.3, -0.25) is 4.79 Å². The van der Waals surface area contributed by atoms with Gasteiger partial charge in [-0.05, 0) is 24.3 Å². The molecule has 0 aliphatic heterocycles. The van der Waals surface area contributed by atoms with E-state index in [1.165, 1.54) is 20.4 Å². The zero-order valence-electron chi connectivity index (χ0n) is 15.9. The van der Waals surface area contributed by atoms with Crippen LogP contribution in [0.4, 0.5) is 11.4 Å². The molecule has 0 saturated heterocycles. The fourth-order valence-corrected chi connectivity index (χ4v) is 2.82. The number of hydrogen-bond donors (Lipinski definition) is 3. The number of amides is 1. The van der Waals surface area contributed by atoms with Gasteiger partial charge in [-0.15, -0.1) is 0 Å². The van der Waals surface area contributed by atoms with Gasteiger partial charge in [-0.25, -0.2) is 0 Å². The molecule has 0 radical (unpaired) electrons. The minimum absolute atomic E-state index is 0.112. The molecule has 0 spiro atoms. The molecule has 3 rings (SSSR count). The molecule has 7 heteroatoms. The zero-order valence-corrected chi connectivity index (χ0v) is 15.9. The van der Waals surface area contributed by atoms with Gasteiger partial charge in [0.05, 0.1) is 19.9 Å². The average Bonchev–Trinajstić information content (AvgIpc) is 2.74. The molecule has 0 atom stereocenters. The third-order valence-electron chi connectivity index (χ3n) is 4.29. The predicted octanol–water partition coefficient (Wildman–Crippen LogP) is 4.02. The number of methoxy groups -OCH3 is 2. The summed E-state index contributed by atoms with van der Waals surface area (Å²) in [5, 5.41) is 26.3. The highest BCUT2D eigenvalue weighted by atomic mass is 16.5. The topological polar surface area (TPSA) is 104 Å². The summed E-state index contributed by atoms with van der Waals surface area (Å²) in [7, 11) is 3.06.